The number of hydrogen-bond acceptors (Lipinski definition) is 5. The number of amides is 3. The van der Waals surface area contributed by atoms with Gasteiger partial charge >= 0.3 is 0 Å². The van der Waals surface area contributed by atoms with Crippen molar-refractivity contribution in [2.45, 2.75) is 20.5 Å². The summed E-state index contributed by atoms with van der Waals surface area (Å²) in [6.07, 6.45) is 1.65. The summed E-state index contributed by atoms with van der Waals surface area (Å²) in [5.74, 6) is -0.190. The van der Waals surface area contributed by atoms with Crippen LogP contribution in [-0.4, -0.2) is 28.5 Å². The summed E-state index contributed by atoms with van der Waals surface area (Å²) in [6.45, 7) is 3.99. The number of carbonyl (C=O) groups is 3. The molecule has 1 aliphatic heterocycles. The van der Waals surface area contributed by atoms with Gasteiger partial charge < -0.3 is 10.1 Å². The molecule has 1 aliphatic rings. The zero-order valence-electron chi connectivity index (χ0n) is 18.9. The van der Waals surface area contributed by atoms with E-state index >= 15 is 0 Å². The Kier molecular flexibility index (Phi) is 7.13. The van der Waals surface area contributed by atoms with Crippen molar-refractivity contribution in [3.8, 4) is 5.75 Å². The smallest absolute Gasteiger partial charge is 0.294 e. The molecule has 0 saturated carbocycles. The molecular weight excluding hydrogens is 448 g/mol. The molecule has 7 heteroatoms. The maximum Gasteiger partial charge on any atom is 0.294 e. The van der Waals surface area contributed by atoms with Gasteiger partial charge in [-0.05, 0) is 72.1 Å². The molecule has 3 aromatic carbocycles. The van der Waals surface area contributed by atoms with Gasteiger partial charge in [-0.2, -0.15) is 0 Å². The van der Waals surface area contributed by atoms with Crippen LogP contribution in [0.3, 0.4) is 0 Å². The van der Waals surface area contributed by atoms with Crippen LogP contribution >= 0.6 is 11.8 Å². The van der Waals surface area contributed by atoms with Crippen LogP contribution in [0, 0.1) is 13.8 Å². The Morgan fingerprint density at radius 1 is 0.971 bits per heavy atom. The van der Waals surface area contributed by atoms with E-state index in [0.717, 1.165) is 38.9 Å². The predicted octanol–water partition coefficient (Wildman–Crippen LogP) is 5.56. The topological polar surface area (TPSA) is 75.7 Å². The Morgan fingerprint density at radius 3 is 2.44 bits per heavy atom. The number of thioether (sulfide) groups is 1. The zero-order chi connectivity index (χ0) is 24.1. The van der Waals surface area contributed by atoms with Crippen LogP contribution in [0.5, 0.6) is 5.75 Å². The Labute approximate surface area is 202 Å². The van der Waals surface area contributed by atoms with Gasteiger partial charge in [0.05, 0.1) is 4.91 Å². The molecule has 172 valence electrons. The van der Waals surface area contributed by atoms with E-state index in [2.05, 4.69) is 5.32 Å². The molecule has 0 spiro atoms. The summed E-state index contributed by atoms with van der Waals surface area (Å²) in [4.78, 5) is 38.9. The number of ether oxygens (including phenoxy) is 1. The number of carbonyl (C=O) groups excluding carboxylic acids is 3. The molecule has 1 heterocycles. The SMILES string of the molecule is Cc1cccc(NC(=O)CN2C(=O)S/C(=C/c3ccc(OCc4ccccc4)cc3)C2=O)c1C. The second kappa shape index (κ2) is 10.4. The van der Waals surface area contributed by atoms with E-state index < -0.39 is 17.1 Å². The van der Waals surface area contributed by atoms with Gasteiger partial charge in [0.2, 0.25) is 5.91 Å². The first kappa shape index (κ1) is 23.3. The zero-order valence-corrected chi connectivity index (χ0v) is 19.7. The van der Waals surface area contributed by atoms with Gasteiger partial charge in [-0.25, -0.2) is 0 Å². The highest BCUT2D eigenvalue weighted by Gasteiger charge is 2.36. The van der Waals surface area contributed by atoms with Crippen molar-refractivity contribution >= 4 is 40.6 Å². The largest absolute Gasteiger partial charge is 0.489 e. The van der Waals surface area contributed by atoms with E-state index in [1.165, 1.54) is 0 Å². The highest BCUT2D eigenvalue weighted by molar-refractivity contribution is 8.18. The summed E-state index contributed by atoms with van der Waals surface area (Å²) in [5, 5.41) is 2.32. The van der Waals surface area contributed by atoms with Crippen LogP contribution in [0.1, 0.15) is 22.3 Å². The summed E-state index contributed by atoms with van der Waals surface area (Å²) in [7, 11) is 0. The van der Waals surface area contributed by atoms with E-state index in [-0.39, 0.29) is 11.4 Å². The highest BCUT2D eigenvalue weighted by atomic mass is 32.2. The lowest BCUT2D eigenvalue weighted by atomic mass is 10.1. The van der Waals surface area contributed by atoms with Crippen molar-refractivity contribution in [2.24, 2.45) is 0 Å². The predicted molar refractivity (Wildman–Crippen MR) is 134 cm³/mol. The minimum Gasteiger partial charge on any atom is -0.489 e. The molecule has 0 aromatic heterocycles. The molecule has 6 nitrogen and oxygen atoms in total. The second-order valence-electron chi connectivity index (χ2n) is 7.91. The quantitative estimate of drug-likeness (QED) is 0.456. The fraction of sp³-hybridized carbons (Fsp3) is 0.148. The number of rotatable bonds is 7. The molecule has 1 N–H and O–H groups in total. The summed E-state index contributed by atoms with van der Waals surface area (Å²) < 4.78 is 5.78. The number of nitrogens with one attached hydrogen (secondary N) is 1. The Balaban J connectivity index is 1.37. The molecule has 3 amide bonds. The molecule has 0 radical (unpaired) electrons. The molecule has 3 aromatic rings. The monoisotopic (exact) mass is 472 g/mol. The van der Waals surface area contributed by atoms with Gasteiger partial charge in [-0.3, -0.25) is 19.3 Å². The van der Waals surface area contributed by atoms with Crippen molar-refractivity contribution < 1.29 is 19.1 Å². The van der Waals surface area contributed by atoms with Crippen molar-refractivity contribution in [3.05, 3.63) is 100.0 Å². The average Bonchev–Trinajstić information content (AvgIpc) is 3.09. The first-order valence-corrected chi connectivity index (χ1v) is 11.6. The number of aryl methyl sites for hydroxylation is 1. The molecule has 1 fully saturated rings. The van der Waals surface area contributed by atoms with Crippen molar-refractivity contribution in [2.75, 3.05) is 11.9 Å². The van der Waals surface area contributed by atoms with Crippen LogP contribution in [0.4, 0.5) is 10.5 Å². The molecule has 0 atom stereocenters. The van der Waals surface area contributed by atoms with E-state index in [1.54, 1.807) is 12.1 Å². The lowest BCUT2D eigenvalue weighted by Crippen LogP contribution is -2.36. The van der Waals surface area contributed by atoms with Crippen LogP contribution in [-0.2, 0) is 16.2 Å². The minimum absolute atomic E-state index is 0.280. The van der Waals surface area contributed by atoms with Gasteiger partial charge in [-0.1, -0.05) is 54.6 Å². The molecular formula is C27H24N2O4S. The fourth-order valence-corrected chi connectivity index (χ4v) is 4.25. The van der Waals surface area contributed by atoms with Crippen LogP contribution in [0.15, 0.2) is 77.7 Å². The lowest BCUT2D eigenvalue weighted by molar-refractivity contribution is -0.127. The van der Waals surface area contributed by atoms with Gasteiger partial charge in [-0.15, -0.1) is 0 Å². The maximum absolute atomic E-state index is 12.8. The summed E-state index contributed by atoms with van der Waals surface area (Å²) in [5.41, 5.74) is 4.49. The summed E-state index contributed by atoms with van der Waals surface area (Å²) >= 11 is 0.830. The number of imide groups is 1. The number of anilines is 1. The van der Waals surface area contributed by atoms with Crippen molar-refractivity contribution in [1.82, 2.24) is 4.90 Å². The fourth-order valence-electron chi connectivity index (χ4n) is 3.41. The number of hydrogen-bond donors (Lipinski definition) is 1. The van der Waals surface area contributed by atoms with E-state index in [9.17, 15) is 14.4 Å². The van der Waals surface area contributed by atoms with Gasteiger partial charge in [0.1, 0.15) is 18.9 Å². The van der Waals surface area contributed by atoms with Crippen molar-refractivity contribution in [1.29, 1.82) is 0 Å². The highest BCUT2D eigenvalue weighted by Crippen LogP contribution is 2.32. The molecule has 34 heavy (non-hydrogen) atoms. The standard InChI is InChI=1S/C27H24N2O4S/c1-18-7-6-10-23(19(18)2)28-25(30)16-29-26(31)24(34-27(29)32)15-20-11-13-22(14-12-20)33-17-21-8-4-3-5-9-21/h3-15H,16-17H2,1-2H3,(H,28,30)/b24-15+. The first-order chi connectivity index (χ1) is 16.4. The van der Waals surface area contributed by atoms with Gasteiger partial charge in [0.25, 0.3) is 11.1 Å². The number of nitrogens with zero attached hydrogens (tertiary/aromatic N) is 1. The maximum atomic E-state index is 12.8. The summed E-state index contributed by atoms with van der Waals surface area (Å²) in [6, 6.07) is 22.7. The number of benzene rings is 3. The second-order valence-corrected chi connectivity index (χ2v) is 8.90. The Bertz CT molecular complexity index is 1250. The molecule has 1 saturated heterocycles. The van der Waals surface area contributed by atoms with Crippen molar-refractivity contribution in [3.63, 3.8) is 0 Å². The first-order valence-electron chi connectivity index (χ1n) is 10.8. The third-order valence-electron chi connectivity index (χ3n) is 5.48. The van der Waals surface area contributed by atoms with E-state index in [1.807, 2.05) is 80.6 Å². The van der Waals surface area contributed by atoms with Crippen LogP contribution in [0.25, 0.3) is 6.08 Å². The lowest BCUT2D eigenvalue weighted by Gasteiger charge is -2.14. The molecule has 0 bridgehead atoms. The molecule has 0 unspecified atom stereocenters. The van der Waals surface area contributed by atoms with Gasteiger partial charge in [0, 0.05) is 5.69 Å². The van der Waals surface area contributed by atoms with E-state index in [0.29, 0.717) is 18.0 Å². The molecule has 0 aliphatic carbocycles. The molecule has 4 rings (SSSR count). The van der Waals surface area contributed by atoms with Gasteiger partial charge in [0.15, 0.2) is 0 Å². The van der Waals surface area contributed by atoms with Crippen LogP contribution < -0.4 is 10.1 Å². The van der Waals surface area contributed by atoms with Crippen LogP contribution in [0.2, 0.25) is 0 Å². The minimum atomic E-state index is -0.476. The third kappa shape index (κ3) is 5.55. The van der Waals surface area contributed by atoms with E-state index in [4.69, 9.17) is 4.74 Å². The average molecular weight is 473 g/mol. The Morgan fingerprint density at radius 2 is 1.71 bits per heavy atom. The Hall–Kier alpha value is -3.84. The third-order valence-corrected chi connectivity index (χ3v) is 6.39. The normalized spacial score (nSPS) is 14.5.